The van der Waals surface area contributed by atoms with Gasteiger partial charge in [-0.15, -0.1) is 0 Å². The standard InChI is InChI=1S/C23H24FN5O/c1-3-16-10-13-29-20(15-16)28-21(17-5-7-18(24)8-6-17)22(29)19-9-12-26-23(27-19)25-11-4-14-30-2/h5-10,12-13,15H,3-4,11,14H2,1-2H3,(H,25,26,27). The molecule has 0 aliphatic rings. The Kier molecular flexibility index (Phi) is 5.99. The van der Waals surface area contributed by atoms with Gasteiger partial charge in [0.25, 0.3) is 0 Å². The second-order valence-corrected chi connectivity index (χ2v) is 6.97. The summed E-state index contributed by atoms with van der Waals surface area (Å²) in [6, 6.07) is 12.4. The lowest BCUT2D eigenvalue weighted by Crippen LogP contribution is -2.08. The summed E-state index contributed by atoms with van der Waals surface area (Å²) in [6.45, 7) is 3.51. The Bertz CT molecular complexity index is 1140. The van der Waals surface area contributed by atoms with Crippen LogP contribution in [0.4, 0.5) is 10.3 Å². The van der Waals surface area contributed by atoms with E-state index < -0.39 is 0 Å². The quantitative estimate of drug-likeness (QED) is 0.434. The highest BCUT2D eigenvalue weighted by Gasteiger charge is 2.18. The minimum Gasteiger partial charge on any atom is -0.385 e. The number of benzene rings is 1. The average molecular weight is 405 g/mol. The third-order valence-electron chi connectivity index (χ3n) is 4.92. The number of aromatic nitrogens is 4. The Balaban J connectivity index is 1.80. The Labute approximate surface area is 174 Å². The molecule has 0 aliphatic heterocycles. The van der Waals surface area contributed by atoms with Gasteiger partial charge in [0.1, 0.15) is 11.5 Å². The van der Waals surface area contributed by atoms with Gasteiger partial charge in [-0.3, -0.25) is 4.40 Å². The molecule has 30 heavy (non-hydrogen) atoms. The second-order valence-electron chi connectivity index (χ2n) is 6.97. The summed E-state index contributed by atoms with van der Waals surface area (Å²) in [7, 11) is 1.68. The minimum absolute atomic E-state index is 0.276. The molecule has 0 saturated heterocycles. The monoisotopic (exact) mass is 405 g/mol. The molecule has 3 aromatic heterocycles. The third-order valence-corrected chi connectivity index (χ3v) is 4.92. The molecule has 3 heterocycles. The van der Waals surface area contributed by atoms with Crippen LogP contribution in [0.1, 0.15) is 18.9 Å². The first-order valence-electron chi connectivity index (χ1n) is 10.0. The van der Waals surface area contributed by atoms with Crippen LogP contribution < -0.4 is 5.32 Å². The molecule has 0 atom stereocenters. The van der Waals surface area contributed by atoms with E-state index in [1.54, 1.807) is 25.4 Å². The largest absolute Gasteiger partial charge is 0.385 e. The van der Waals surface area contributed by atoms with Crippen LogP contribution in [0.5, 0.6) is 0 Å². The highest BCUT2D eigenvalue weighted by Crippen LogP contribution is 2.32. The predicted octanol–water partition coefficient (Wildman–Crippen LogP) is 4.61. The maximum absolute atomic E-state index is 13.5. The van der Waals surface area contributed by atoms with E-state index in [0.717, 1.165) is 47.7 Å². The van der Waals surface area contributed by atoms with Gasteiger partial charge in [0, 0.05) is 38.2 Å². The van der Waals surface area contributed by atoms with E-state index in [1.807, 2.05) is 16.7 Å². The van der Waals surface area contributed by atoms with Gasteiger partial charge in [0.2, 0.25) is 5.95 Å². The number of halogens is 1. The fourth-order valence-electron chi connectivity index (χ4n) is 3.35. The molecule has 0 saturated carbocycles. The van der Waals surface area contributed by atoms with Crippen LogP contribution in [0.25, 0.3) is 28.3 Å². The molecule has 0 amide bonds. The number of hydrogen-bond acceptors (Lipinski definition) is 5. The number of imidazole rings is 1. The summed E-state index contributed by atoms with van der Waals surface area (Å²) in [5.41, 5.74) is 5.22. The molecule has 154 valence electrons. The first-order valence-corrected chi connectivity index (χ1v) is 10.0. The van der Waals surface area contributed by atoms with Crippen LogP contribution in [0, 0.1) is 5.82 Å². The number of rotatable bonds is 8. The van der Waals surface area contributed by atoms with Crippen LogP contribution >= 0.6 is 0 Å². The number of nitrogens with one attached hydrogen (secondary N) is 1. The molecule has 6 nitrogen and oxygen atoms in total. The number of anilines is 1. The molecule has 0 bridgehead atoms. The molecule has 1 N–H and O–H groups in total. The second kappa shape index (κ2) is 9.00. The molecule has 0 aliphatic carbocycles. The summed E-state index contributed by atoms with van der Waals surface area (Å²) in [5, 5.41) is 3.23. The lowest BCUT2D eigenvalue weighted by Gasteiger charge is -2.08. The van der Waals surface area contributed by atoms with Crippen LogP contribution in [0.2, 0.25) is 0 Å². The van der Waals surface area contributed by atoms with Crippen LogP contribution in [0.15, 0.2) is 54.9 Å². The van der Waals surface area contributed by atoms with Gasteiger partial charge in [-0.1, -0.05) is 6.92 Å². The number of ether oxygens (including phenoxy) is 1. The van der Waals surface area contributed by atoms with Gasteiger partial charge in [-0.2, -0.15) is 0 Å². The van der Waals surface area contributed by atoms with Gasteiger partial charge in [-0.25, -0.2) is 19.3 Å². The number of pyridine rings is 1. The first-order chi connectivity index (χ1) is 14.7. The fraction of sp³-hybridized carbons (Fsp3) is 0.261. The van der Waals surface area contributed by atoms with Gasteiger partial charge in [0.15, 0.2) is 0 Å². The van der Waals surface area contributed by atoms with Gasteiger partial charge in [0.05, 0.1) is 17.1 Å². The number of fused-ring (bicyclic) bond motifs is 1. The molecule has 0 unspecified atom stereocenters. The zero-order valence-electron chi connectivity index (χ0n) is 17.1. The lowest BCUT2D eigenvalue weighted by molar-refractivity contribution is 0.197. The Morgan fingerprint density at radius 3 is 2.70 bits per heavy atom. The van der Waals surface area contributed by atoms with Crippen molar-refractivity contribution in [1.82, 2.24) is 19.4 Å². The van der Waals surface area contributed by atoms with Crippen molar-refractivity contribution in [2.75, 3.05) is 25.6 Å². The lowest BCUT2D eigenvalue weighted by atomic mass is 10.1. The molecule has 7 heteroatoms. The molecule has 1 aromatic carbocycles. The van der Waals surface area contributed by atoms with Crippen molar-refractivity contribution in [1.29, 1.82) is 0 Å². The highest BCUT2D eigenvalue weighted by molar-refractivity contribution is 5.80. The number of methoxy groups -OCH3 is 1. The van der Waals surface area contributed by atoms with E-state index in [4.69, 9.17) is 14.7 Å². The topological polar surface area (TPSA) is 64.3 Å². The van der Waals surface area contributed by atoms with E-state index >= 15 is 0 Å². The maximum atomic E-state index is 13.5. The minimum atomic E-state index is -0.276. The Hall–Kier alpha value is -3.32. The van der Waals surface area contributed by atoms with Crippen LogP contribution in [-0.2, 0) is 11.2 Å². The van der Waals surface area contributed by atoms with E-state index in [-0.39, 0.29) is 5.82 Å². The Morgan fingerprint density at radius 2 is 1.93 bits per heavy atom. The summed E-state index contributed by atoms with van der Waals surface area (Å²) >= 11 is 0. The van der Waals surface area contributed by atoms with Crippen molar-refractivity contribution < 1.29 is 9.13 Å². The maximum Gasteiger partial charge on any atom is 0.223 e. The normalized spacial score (nSPS) is 11.2. The van der Waals surface area contributed by atoms with Crippen molar-refractivity contribution in [2.45, 2.75) is 19.8 Å². The van der Waals surface area contributed by atoms with E-state index in [0.29, 0.717) is 12.6 Å². The summed E-state index contributed by atoms with van der Waals surface area (Å²) < 4.78 is 20.6. The predicted molar refractivity (Wildman–Crippen MR) is 116 cm³/mol. The summed E-state index contributed by atoms with van der Waals surface area (Å²) in [4.78, 5) is 13.9. The zero-order chi connectivity index (χ0) is 20.9. The number of hydrogen-bond donors (Lipinski definition) is 1. The highest BCUT2D eigenvalue weighted by atomic mass is 19.1. The molecule has 4 rings (SSSR count). The summed E-state index contributed by atoms with van der Waals surface area (Å²) in [6.07, 6.45) is 5.53. The zero-order valence-corrected chi connectivity index (χ0v) is 17.1. The van der Waals surface area contributed by atoms with Crippen molar-refractivity contribution in [2.24, 2.45) is 0 Å². The van der Waals surface area contributed by atoms with Crippen molar-refractivity contribution >= 4 is 11.6 Å². The van der Waals surface area contributed by atoms with Crippen molar-refractivity contribution in [3.8, 4) is 22.6 Å². The SMILES string of the molecule is CCc1ccn2c(-c3ccnc(NCCCOC)n3)c(-c3ccc(F)cc3)nc2c1. The van der Waals surface area contributed by atoms with Gasteiger partial charge < -0.3 is 10.1 Å². The van der Waals surface area contributed by atoms with Gasteiger partial charge >= 0.3 is 0 Å². The van der Waals surface area contributed by atoms with Gasteiger partial charge in [-0.05, 0) is 60.9 Å². The van der Waals surface area contributed by atoms with Crippen LogP contribution in [-0.4, -0.2) is 39.6 Å². The van der Waals surface area contributed by atoms with Crippen molar-refractivity contribution in [3.05, 3.63) is 66.2 Å². The smallest absolute Gasteiger partial charge is 0.223 e. The average Bonchev–Trinajstić information content (AvgIpc) is 3.16. The number of nitrogens with zero attached hydrogens (tertiary/aromatic N) is 4. The molecule has 4 aromatic rings. The van der Waals surface area contributed by atoms with Crippen LogP contribution in [0.3, 0.4) is 0 Å². The van der Waals surface area contributed by atoms with E-state index in [9.17, 15) is 4.39 Å². The molecular weight excluding hydrogens is 381 g/mol. The Morgan fingerprint density at radius 1 is 1.10 bits per heavy atom. The molecule has 0 radical (unpaired) electrons. The molecular formula is C23H24FN5O. The summed E-state index contributed by atoms with van der Waals surface area (Å²) in [5.74, 6) is 0.274. The van der Waals surface area contributed by atoms with E-state index in [1.165, 1.54) is 17.7 Å². The first kappa shape index (κ1) is 20.0. The molecule has 0 fully saturated rings. The van der Waals surface area contributed by atoms with E-state index in [2.05, 4.69) is 29.4 Å². The molecule has 0 spiro atoms. The van der Waals surface area contributed by atoms with Crippen molar-refractivity contribution in [3.63, 3.8) is 0 Å². The fourth-order valence-corrected chi connectivity index (χ4v) is 3.35. The number of aryl methyl sites for hydroxylation is 1. The third kappa shape index (κ3) is 4.16.